The molecule has 12 rings (SSSR count). The van der Waals surface area contributed by atoms with Crippen LogP contribution in [-0.2, 0) is 33.3 Å². The third-order valence-corrected chi connectivity index (χ3v) is 18.1. The molecule has 0 amide bonds. The molecule has 0 radical (unpaired) electrons. The quantitative estimate of drug-likeness (QED) is 0.0351. The number of hydrogen-bond acceptors (Lipinski definition) is 23. The van der Waals surface area contributed by atoms with Crippen LogP contribution in [0.15, 0.2) is 97.6 Å². The molecule has 0 atom stereocenters. The number of nitro groups is 2. The maximum absolute atomic E-state index is 14.0. The first kappa shape index (κ1) is 75.7. The van der Waals surface area contributed by atoms with Gasteiger partial charge in [-0.25, -0.2) is 29.5 Å². The second-order valence-electron chi connectivity index (χ2n) is 23.6. The van der Waals surface area contributed by atoms with E-state index in [9.17, 15) is 34.2 Å². The van der Waals surface area contributed by atoms with Crippen LogP contribution in [-0.4, -0.2) is 162 Å². The normalized spacial score (nSPS) is 15.6. The summed E-state index contributed by atoms with van der Waals surface area (Å²) in [6, 6.07) is 20.5. The Labute approximate surface area is 635 Å². The summed E-state index contributed by atoms with van der Waals surface area (Å²) in [5, 5.41) is 43.1. The average Bonchev–Trinajstić information content (AvgIpc) is 1.52. The molecule has 4 saturated heterocycles. The minimum Gasteiger partial charge on any atom is -1.00 e. The molecule has 27 nitrogen and oxygen atoms in total. The van der Waals surface area contributed by atoms with Gasteiger partial charge in [-0.05, 0) is 128 Å². The van der Waals surface area contributed by atoms with Gasteiger partial charge in [0.2, 0.25) is 17.7 Å². The van der Waals surface area contributed by atoms with Gasteiger partial charge in [0.15, 0.2) is 0 Å². The van der Waals surface area contributed by atoms with Crippen molar-refractivity contribution in [2.75, 3.05) is 110 Å². The smallest absolute Gasteiger partial charge is 1.00 e. The van der Waals surface area contributed by atoms with Crippen molar-refractivity contribution in [1.29, 1.82) is 0 Å². The number of ether oxygens (including phenoxy) is 4. The first-order chi connectivity index (χ1) is 44.8. The Bertz CT molecular complexity index is 4020. The molecule has 4 fully saturated rings. The standard InChI is InChI=1S/C32H37N7O5.C22H18FN5O5.C10H20N2.CH2O3.2K.H/c1-36-13-9-32(10-14-36)11-15-38(16-12-32)26-18-28(43-3)24(17-27(26)39(41)42)34-31-33-19-22(30(40)44-4)29(35-31)23-20-37(2)25-8-6-5-7-21(23)25;1-27-11-14(12-6-4-5-7-17(12)27)20-13(21(29)33-3)10-24-22(26-20)25-16-9-18(28(30)31)15(23)8-19(16)32-2;1-12-8-4-10(5-9-12)2-6-11-7-3-10;2-1-4-3;;;/h5-8,17-20H,9-16H2,1-4H3,(H,33,34,35);4-11H,1-3H3,(H,24,25,26);11H,2-9H2,1H3;1,3H;;;/q;;;;2*+1;-1/p-1. The van der Waals surface area contributed by atoms with E-state index >= 15 is 0 Å². The summed E-state index contributed by atoms with van der Waals surface area (Å²) >= 11 is 0. The fourth-order valence-electron chi connectivity index (χ4n) is 12.7. The number of piperidine rings is 4. The summed E-state index contributed by atoms with van der Waals surface area (Å²) in [4.78, 5) is 83.3. The minimum absolute atomic E-state index is 0. The zero-order valence-corrected chi connectivity index (χ0v) is 61.5. The van der Waals surface area contributed by atoms with Crippen LogP contribution < -0.4 is 138 Å². The number of nitrogens with one attached hydrogen (secondary N) is 3. The van der Waals surface area contributed by atoms with Crippen molar-refractivity contribution in [1.82, 2.24) is 44.2 Å². The molecule has 0 aliphatic carbocycles. The molecule has 4 aliphatic rings. The van der Waals surface area contributed by atoms with E-state index in [1.807, 2.05) is 84.2 Å². The third-order valence-electron chi connectivity index (χ3n) is 18.1. The van der Waals surface area contributed by atoms with Crippen LogP contribution in [0.1, 0.15) is 73.5 Å². The van der Waals surface area contributed by atoms with E-state index in [1.54, 1.807) is 6.07 Å². The van der Waals surface area contributed by atoms with Gasteiger partial charge >= 0.3 is 120 Å². The minimum atomic E-state index is -1.04. The maximum Gasteiger partial charge on any atom is 1.00 e. The van der Waals surface area contributed by atoms with Crippen LogP contribution >= 0.6 is 0 Å². The summed E-state index contributed by atoms with van der Waals surface area (Å²) in [6.45, 7) is 8.67. The number of fused-ring (bicyclic) bond motifs is 2. The molecular formula is C65H77FK2N14O13. The van der Waals surface area contributed by atoms with Crippen LogP contribution in [0.2, 0.25) is 0 Å². The largest absolute Gasteiger partial charge is 1.00 e. The molecule has 8 heterocycles. The number of aromatic nitrogens is 6. The molecule has 494 valence electrons. The second kappa shape index (κ2) is 34.5. The number of hydrogen-bond donors (Lipinski definition) is 3. The Kier molecular flexibility index (Phi) is 27.5. The number of aryl methyl sites for hydroxylation is 2. The fourth-order valence-corrected chi connectivity index (χ4v) is 12.7. The van der Waals surface area contributed by atoms with Gasteiger partial charge in [0.1, 0.15) is 28.3 Å². The first-order valence-corrected chi connectivity index (χ1v) is 30.2. The molecule has 4 aliphatic heterocycles. The van der Waals surface area contributed by atoms with Gasteiger partial charge in [-0.15, -0.1) is 0 Å². The first-order valence-electron chi connectivity index (χ1n) is 30.2. The second-order valence-corrected chi connectivity index (χ2v) is 23.6. The summed E-state index contributed by atoms with van der Waals surface area (Å²) in [7, 11) is 13.6. The van der Waals surface area contributed by atoms with Gasteiger partial charge < -0.3 is 70.3 Å². The van der Waals surface area contributed by atoms with Crippen molar-refractivity contribution in [2.45, 2.75) is 51.4 Å². The van der Waals surface area contributed by atoms with Crippen molar-refractivity contribution >= 4 is 80.6 Å². The Morgan fingerprint density at radius 1 is 0.621 bits per heavy atom. The van der Waals surface area contributed by atoms with Crippen LogP contribution in [0.5, 0.6) is 11.5 Å². The van der Waals surface area contributed by atoms with Crippen molar-refractivity contribution in [3.05, 3.63) is 135 Å². The van der Waals surface area contributed by atoms with Crippen LogP contribution in [0.25, 0.3) is 44.3 Å². The van der Waals surface area contributed by atoms with Crippen molar-refractivity contribution in [2.24, 2.45) is 24.9 Å². The van der Waals surface area contributed by atoms with Gasteiger partial charge in [-0.1, -0.05) is 36.4 Å². The number of rotatable bonds is 14. The van der Waals surface area contributed by atoms with Crippen molar-refractivity contribution in [3.8, 4) is 34.0 Å². The Morgan fingerprint density at radius 3 is 1.43 bits per heavy atom. The molecule has 3 N–H and O–H groups in total. The average molecular weight is 1360 g/mol. The zero-order valence-electron chi connectivity index (χ0n) is 56.2. The SMILES string of the molecule is CN1CCC2(CCNCC2)CC1.COC(=O)c1cnc(Nc2cc([N+](=O)[O-])c(F)cc2OC)nc1-c1cn(C)c2ccccc12.COC(=O)c1cnc(Nc2cc([N+](=O)[O-])c(N3CCC4(CCN(C)CC4)CC3)cc2OC)nc1-c1cn(C)c2ccccc12.O=CO[O-].[H-].[K+].[K+]. The number of anilines is 5. The van der Waals surface area contributed by atoms with E-state index in [0.717, 1.165) is 83.9 Å². The number of nitro benzene ring substituents is 2. The number of para-hydroxylation sites is 2. The molecule has 0 unspecified atom stereocenters. The Balaban J connectivity index is 0.000000245. The van der Waals surface area contributed by atoms with E-state index < -0.39 is 28.4 Å². The summed E-state index contributed by atoms with van der Waals surface area (Å²) in [6.07, 6.45) is 16.5. The van der Waals surface area contributed by atoms with Gasteiger partial charge in [0.05, 0.1) is 61.0 Å². The number of carbonyl (C=O) groups is 3. The van der Waals surface area contributed by atoms with E-state index in [2.05, 4.69) is 64.6 Å². The number of esters is 2. The Hall–Kier alpha value is -6.63. The summed E-state index contributed by atoms with van der Waals surface area (Å²) in [5.41, 5.74) is 5.58. The van der Waals surface area contributed by atoms with E-state index in [1.165, 1.54) is 112 Å². The predicted molar refractivity (Wildman–Crippen MR) is 347 cm³/mol. The number of carbonyl (C=O) groups excluding carboxylic acids is 3. The van der Waals surface area contributed by atoms with E-state index in [4.69, 9.17) is 34.0 Å². The maximum atomic E-state index is 14.0. The van der Waals surface area contributed by atoms with Crippen molar-refractivity contribution in [3.63, 3.8) is 0 Å². The molecule has 2 spiro atoms. The fraction of sp³-hybridized carbons (Fsp3) is 0.400. The molecule has 30 heteroatoms. The molecule has 0 bridgehead atoms. The number of halogens is 1. The number of benzene rings is 4. The van der Waals surface area contributed by atoms with Gasteiger partial charge in [-0.2, -0.15) is 4.39 Å². The van der Waals surface area contributed by atoms with Crippen LogP contribution in [0.3, 0.4) is 0 Å². The van der Waals surface area contributed by atoms with Crippen LogP contribution in [0, 0.1) is 36.9 Å². The van der Waals surface area contributed by atoms with Gasteiger partial charge in [-0.3, -0.25) is 25.0 Å². The molecule has 95 heavy (non-hydrogen) atoms. The number of likely N-dealkylation sites (tertiary alicyclic amines) is 2. The monoisotopic (exact) mass is 1360 g/mol. The molecule has 4 aromatic heterocycles. The van der Waals surface area contributed by atoms with Crippen molar-refractivity contribution < 1.29 is 162 Å². The molecular weight excluding hydrogens is 1280 g/mol. The zero-order chi connectivity index (χ0) is 66.6. The summed E-state index contributed by atoms with van der Waals surface area (Å²) < 4.78 is 38.6. The van der Waals surface area contributed by atoms with E-state index in [0.29, 0.717) is 39.5 Å². The Morgan fingerprint density at radius 2 is 1.02 bits per heavy atom. The molecule has 0 saturated carbocycles. The van der Waals surface area contributed by atoms with Crippen LogP contribution in [0.4, 0.5) is 44.7 Å². The summed E-state index contributed by atoms with van der Waals surface area (Å²) in [5.74, 6) is -1.61. The third kappa shape index (κ3) is 17.9. The topological polar surface area (TPSA) is 314 Å². The number of nitrogens with zero attached hydrogens (tertiary/aromatic N) is 11. The van der Waals surface area contributed by atoms with Gasteiger partial charge in [0.25, 0.3) is 12.2 Å². The van der Waals surface area contributed by atoms with Gasteiger partial charge in [0, 0.05) is 109 Å². The van der Waals surface area contributed by atoms with E-state index in [-0.39, 0.29) is 156 Å². The molecule has 4 aromatic carbocycles. The molecule has 8 aromatic rings. The number of methoxy groups -OCH3 is 4. The predicted octanol–water partition coefficient (Wildman–Crippen LogP) is 3.25.